The van der Waals surface area contributed by atoms with Crippen molar-refractivity contribution < 1.29 is 0 Å². The van der Waals surface area contributed by atoms with Crippen LogP contribution in [0.2, 0.25) is 0 Å². The summed E-state index contributed by atoms with van der Waals surface area (Å²) >= 11 is 0. The van der Waals surface area contributed by atoms with Crippen molar-refractivity contribution in [2.75, 3.05) is 0 Å². The van der Waals surface area contributed by atoms with Crippen LogP contribution in [0.4, 0.5) is 0 Å². The Labute approximate surface area is 78.0 Å². The van der Waals surface area contributed by atoms with E-state index in [4.69, 9.17) is 0 Å². The molecule has 0 amide bonds. The lowest BCUT2D eigenvalue weighted by atomic mass is 10.0. The first kappa shape index (κ1) is 8.30. The van der Waals surface area contributed by atoms with Crippen LogP contribution in [0, 0.1) is 5.92 Å². The highest BCUT2D eigenvalue weighted by atomic mass is 15.1. The molecular weight excluding hydrogens is 160 g/mol. The summed E-state index contributed by atoms with van der Waals surface area (Å²) in [5.74, 6) is 1.43. The number of rotatable bonds is 2. The fraction of sp³-hybridized carbons (Fsp3) is 0.273. The van der Waals surface area contributed by atoms with Gasteiger partial charge in [-0.25, -0.2) is 0 Å². The topological polar surface area (TPSA) is 28.7 Å². The third kappa shape index (κ3) is 1.72. The Morgan fingerprint density at radius 3 is 3.00 bits per heavy atom. The van der Waals surface area contributed by atoms with Gasteiger partial charge in [0.25, 0.3) is 0 Å². The third-order valence-electron chi connectivity index (χ3n) is 2.06. The zero-order valence-electron chi connectivity index (χ0n) is 7.96. The van der Waals surface area contributed by atoms with Gasteiger partial charge in [-0.05, 0) is 24.0 Å². The number of aromatic amines is 1. The van der Waals surface area contributed by atoms with Gasteiger partial charge in [0.2, 0.25) is 0 Å². The average Bonchev–Trinajstić information content (AvgIpc) is 2.49. The van der Waals surface area contributed by atoms with Crippen molar-refractivity contribution in [2.45, 2.75) is 20.3 Å². The zero-order chi connectivity index (χ0) is 9.26. The van der Waals surface area contributed by atoms with Gasteiger partial charge in [0.1, 0.15) is 0 Å². The van der Waals surface area contributed by atoms with Gasteiger partial charge in [0.15, 0.2) is 0 Å². The van der Waals surface area contributed by atoms with Gasteiger partial charge in [0.05, 0.1) is 11.7 Å². The number of hydrogen-bond donors (Lipinski definition) is 1. The van der Waals surface area contributed by atoms with E-state index in [9.17, 15) is 0 Å². The van der Waals surface area contributed by atoms with E-state index in [2.05, 4.69) is 42.2 Å². The fourth-order valence-electron chi connectivity index (χ4n) is 1.50. The highest BCUT2D eigenvalue weighted by Gasteiger charge is 2.00. The van der Waals surface area contributed by atoms with Crippen molar-refractivity contribution in [3.8, 4) is 0 Å². The monoisotopic (exact) mass is 173 g/mol. The summed E-state index contributed by atoms with van der Waals surface area (Å²) in [7, 11) is 0. The summed E-state index contributed by atoms with van der Waals surface area (Å²) in [6.07, 6.45) is 2.90. The molecule has 1 N–H and O–H groups in total. The van der Waals surface area contributed by atoms with Crippen LogP contribution in [0.1, 0.15) is 19.4 Å². The SMILES string of the molecule is C[C](C)Cc1ccc2cn[nH]c2c1. The molecule has 0 unspecified atom stereocenters. The van der Waals surface area contributed by atoms with Gasteiger partial charge in [-0.3, -0.25) is 5.10 Å². The lowest BCUT2D eigenvalue weighted by Gasteiger charge is -2.03. The van der Waals surface area contributed by atoms with E-state index in [0.29, 0.717) is 0 Å². The summed E-state index contributed by atoms with van der Waals surface area (Å²) in [5.41, 5.74) is 2.47. The molecule has 13 heavy (non-hydrogen) atoms. The standard InChI is InChI=1S/C11H13N2/c1-8(2)5-9-3-4-10-7-12-13-11(10)6-9/h3-4,6-7H,5H2,1-2H3,(H,12,13). The number of benzene rings is 1. The predicted octanol–water partition coefficient (Wildman–Crippen LogP) is 2.72. The summed E-state index contributed by atoms with van der Waals surface area (Å²) in [4.78, 5) is 0. The first-order valence-electron chi connectivity index (χ1n) is 4.47. The molecule has 67 valence electrons. The maximum Gasteiger partial charge on any atom is 0.0653 e. The molecule has 0 spiro atoms. The second-order valence-electron chi connectivity index (χ2n) is 3.68. The van der Waals surface area contributed by atoms with E-state index in [1.165, 1.54) is 16.9 Å². The van der Waals surface area contributed by atoms with E-state index in [-0.39, 0.29) is 0 Å². The third-order valence-corrected chi connectivity index (χ3v) is 2.06. The molecule has 0 fully saturated rings. The Morgan fingerprint density at radius 2 is 2.23 bits per heavy atom. The minimum absolute atomic E-state index is 1.05. The minimum Gasteiger partial charge on any atom is -0.278 e. The predicted molar refractivity (Wildman–Crippen MR) is 54.4 cm³/mol. The Kier molecular flexibility index (Phi) is 2.05. The highest BCUT2D eigenvalue weighted by molar-refractivity contribution is 5.78. The van der Waals surface area contributed by atoms with Crippen molar-refractivity contribution in [3.05, 3.63) is 35.9 Å². The molecule has 0 aliphatic heterocycles. The van der Waals surface area contributed by atoms with Gasteiger partial charge in [0, 0.05) is 5.39 Å². The summed E-state index contributed by atoms with van der Waals surface area (Å²) in [6, 6.07) is 6.43. The molecule has 0 aliphatic carbocycles. The quantitative estimate of drug-likeness (QED) is 0.743. The average molecular weight is 173 g/mol. The minimum atomic E-state index is 1.05. The van der Waals surface area contributed by atoms with Gasteiger partial charge >= 0.3 is 0 Å². The van der Waals surface area contributed by atoms with Crippen LogP contribution in [0.3, 0.4) is 0 Å². The largest absolute Gasteiger partial charge is 0.278 e. The molecular formula is C11H13N2. The molecule has 1 aromatic heterocycles. The van der Waals surface area contributed by atoms with Crippen molar-refractivity contribution in [1.82, 2.24) is 10.2 Å². The van der Waals surface area contributed by atoms with Crippen molar-refractivity contribution in [3.63, 3.8) is 0 Å². The lowest BCUT2D eigenvalue weighted by molar-refractivity contribution is 0.958. The van der Waals surface area contributed by atoms with E-state index < -0.39 is 0 Å². The second kappa shape index (κ2) is 3.21. The lowest BCUT2D eigenvalue weighted by Crippen LogP contribution is -1.91. The van der Waals surface area contributed by atoms with Gasteiger partial charge in [-0.2, -0.15) is 5.10 Å². The molecule has 2 nitrogen and oxygen atoms in total. The van der Waals surface area contributed by atoms with E-state index >= 15 is 0 Å². The maximum atomic E-state index is 3.99. The van der Waals surface area contributed by atoms with Crippen LogP contribution < -0.4 is 0 Å². The molecule has 0 saturated heterocycles. The van der Waals surface area contributed by atoms with Crippen LogP contribution in [0.5, 0.6) is 0 Å². The van der Waals surface area contributed by atoms with Gasteiger partial charge in [-0.1, -0.05) is 26.0 Å². The van der Waals surface area contributed by atoms with Gasteiger partial charge in [-0.15, -0.1) is 0 Å². The number of fused-ring (bicyclic) bond motifs is 1. The van der Waals surface area contributed by atoms with E-state index in [0.717, 1.165) is 11.9 Å². The molecule has 0 saturated carbocycles. The number of H-pyrrole nitrogens is 1. The maximum absolute atomic E-state index is 3.99. The van der Waals surface area contributed by atoms with Crippen molar-refractivity contribution >= 4 is 10.9 Å². The molecule has 0 bridgehead atoms. The van der Waals surface area contributed by atoms with Crippen LogP contribution in [0.15, 0.2) is 24.4 Å². The Balaban J connectivity index is 2.37. The van der Waals surface area contributed by atoms with E-state index in [1.54, 1.807) is 0 Å². The molecule has 1 aromatic carbocycles. The Morgan fingerprint density at radius 1 is 1.38 bits per heavy atom. The van der Waals surface area contributed by atoms with Crippen molar-refractivity contribution in [2.24, 2.45) is 0 Å². The normalized spacial score (nSPS) is 11.3. The van der Waals surface area contributed by atoms with Crippen LogP contribution >= 0.6 is 0 Å². The Hall–Kier alpha value is -1.31. The Bertz CT molecular complexity index is 401. The molecule has 1 heterocycles. The second-order valence-corrected chi connectivity index (χ2v) is 3.68. The first-order chi connectivity index (χ1) is 6.25. The van der Waals surface area contributed by atoms with Crippen LogP contribution in [-0.4, -0.2) is 10.2 Å². The molecule has 2 aromatic rings. The number of nitrogens with zero attached hydrogens (tertiary/aromatic N) is 1. The van der Waals surface area contributed by atoms with Crippen LogP contribution in [-0.2, 0) is 6.42 Å². The molecule has 0 atom stereocenters. The zero-order valence-corrected chi connectivity index (χ0v) is 7.96. The molecule has 2 rings (SSSR count). The summed E-state index contributed by atoms with van der Waals surface area (Å²) < 4.78 is 0. The van der Waals surface area contributed by atoms with E-state index in [1.807, 2.05) is 6.20 Å². The molecule has 2 heteroatoms. The van der Waals surface area contributed by atoms with Gasteiger partial charge < -0.3 is 0 Å². The summed E-state index contributed by atoms with van der Waals surface area (Å²) in [6.45, 7) is 4.30. The first-order valence-corrected chi connectivity index (χ1v) is 4.47. The number of nitrogens with one attached hydrogen (secondary N) is 1. The summed E-state index contributed by atoms with van der Waals surface area (Å²) in [5, 5.41) is 8.14. The smallest absolute Gasteiger partial charge is 0.0653 e. The molecule has 0 aliphatic rings. The number of aromatic nitrogens is 2. The molecule has 1 radical (unpaired) electrons. The highest BCUT2D eigenvalue weighted by Crippen LogP contribution is 2.15. The fourth-order valence-corrected chi connectivity index (χ4v) is 1.50. The number of hydrogen-bond acceptors (Lipinski definition) is 1. The van der Waals surface area contributed by atoms with Crippen LogP contribution in [0.25, 0.3) is 10.9 Å². The van der Waals surface area contributed by atoms with Crippen molar-refractivity contribution in [1.29, 1.82) is 0 Å².